The minimum atomic E-state index is -0.128. The second-order valence-electron chi connectivity index (χ2n) is 4.42. The van der Waals surface area contributed by atoms with Crippen molar-refractivity contribution in [3.63, 3.8) is 0 Å². The average Bonchev–Trinajstić information content (AvgIpc) is 2.59. The van der Waals surface area contributed by atoms with E-state index in [1.165, 1.54) is 4.90 Å². The fourth-order valence-electron chi connectivity index (χ4n) is 1.59. The highest BCUT2D eigenvalue weighted by Gasteiger charge is 2.28. The zero-order valence-corrected chi connectivity index (χ0v) is 10.4. The van der Waals surface area contributed by atoms with Crippen molar-refractivity contribution in [1.29, 1.82) is 0 Å². The SMILES string of the molecule is CC(C)C(=O)CCOCCN1C(=O)CCC1=O. The first-order chi connectivity index (χ1) is 8.02. The summed E-state index contributed by atoms with van der Waals surface area (Å²) in [6, 6.07) is 0. The Kier molecular flexibility index (Phi) is 5.28. The number of amides is 2. The quantitative estimate of drug-likeness (QED) is 0.488. The number of ketones is 1. The van der Waals surface area contributed by atoms with Gasteiger partial charge in [0.05, 0.1) is 19.8 Å². The molecule has 0 unspecified atom stereocenters. The van der Waals surface area contributed by atoms with Crippen molar-refractivity contribution in [2.75, 3.05) is 19.8 Å². The van der Waals surface area contributed by atoms with Crippen molar-refractivity contribution >= 4 is 17.6 Å². The highest BCUT2D eigenvalue weighted by atomic mass is 16.5. The Morgan fingerprint density at radius 2 is 1.82 bits per heavy atom. The first-order valence-electron chi connectivity index (χ1n) is 5.96. The van der Waals surface area contributed by atoms with Gasteiger partial charge < -0.3 is 4.74 Å². The van der Waals surface area contributed by atoms with Gasteiger partial charge in [0.15, 0.2) is 0 Å². The molecule has 1 saturated heterocycles. The Morgan fingerprint density at radius 1 is 1.24 bits per heavy atom. The van der Waals surface area contributed by atoms with E-state index in [4.69, 9.17) is 4.74 Å². The number of nitrogens with zero attached hydrogens (tertiary/aromatic N) is 1. The monoisotopic (exact) mass is 241 g/mol. The van der Waals surface area contributed by atoms with Crippen LogP contribution in [0.25, 0.3) is 0 Å². The number of rotatable bonds is 7. The molecule has 1 fully saturated rings. The maximum absolute atomic E-state index is 11.3. The van der Waals surface area contributed by atoms with Gasteiger partial charge in [-0.3, -0.25) is 19.3 Å². The van der Waals surface area contributed by atoms with E-state index in [1.54, 1.807) is 0 Å². The Hall–Kier alpha value is -1.23. The van der Waals surface area contributed by atoms with Crippen LogP contribution in [0.5, 0.6) is 0 Å². The number of imide groups is 1. The largest absolute Gasteiger partial charge is 0.379 e. The second-order valence-corrected chi connectivity index (χ2v) is 4.42. The van der Waals surface area contributed by atoms with Gasteiger partial charge in [0.2, 0.25) is 11.8 Å². The lowest BCUT2D eigenvalue weighted by Crippen LogP contribution is -2.32. The molecule has 0 aromatic rings. The molecule has 0 aromatic carbocycles. The molecule has 96 valence electrons. The molecule has 5 heteroatoms. The molecule has 0 spiro atoms. The van der Waals surface area contributed by atoms with Crippen molar-refractivity contribution in [3.05, 3.63) is 0 Å². The molecular formula is C12H19NO4. The third-order valence-corrected chi connectivity index (χ3v) is 2.75. The molecule has 0 aliphatic carbocycles. The van der Waals surface area contributed by atoms with E-state index in [2.05, 4.69) is 0 Å². The molecule has 17 heavy (non-hydrogen) atoms. The van der Waals surface area contributed by atoms with Crippen LogP contribution in [-0.4, -0.2) is 42.3 Å². The first kappa shape index (κ1) is 13.8. The summed E-state index contributed by atoms with van der Waals surface area (Å²) < 4.78 is 5.25. The third kappa shape index (κ3) is 4.26. The second kappa shape index (κ2) is 6.49. The van der Waals surface area contributed by atoms with Crippen molar-refractivity contribution in [1.82, 2.24) is 4.90 Å². The molecule has 0 saturated carbocycles. The van der Waals surface area contributed by atoms with Crippen LogP contribution in [0.4, 0.5) is 0 Å². The van der Waals surface area contributed by atoms with E-state index >= 15 is 0 Å². The van der Waals surface area contributed by atoms with Crippen molar-refractivity contribution < 1.29 is 19.1 Å². The lowest BCUT2D eigenvalue weighted by atomic mass is 10.1. The van der Waals surface area contributed by atoms with Gasteiger partial charge in [0, 0.05) is 25.2 Å². The van der Waals surface area contributed by atoms with Gasteiger partial charge in [-0.1, -0.05) is 13.8 Å². The highest BCUT2D eigenvalue weighted by molar-refractivity contribution is 6.01. The first-order valence-corrected chi connectivity index (χ1v) is 5.96. The minimum absolute atomic E-state index is 0.0281. The van der Waals surface area contributed by atoms with E-state index in [-0.39, 0.29) is 23.5 Å². The van der Waals surface area contributed by atoms with Crippen LogP contribution in [0.15, 0.2) is 0 Å². The van der Waals surface area contributed by atoms with Crippen molar-refractivity contribution in [2.24, 2.45) is 5.92 Å². The summed E-state index contributed by atoms with van der Waals surface area (Å²) in [5.74, 6) is -0.0626. The Labute approximate surface area is 101 Å². The fraction of sp³-hybridized carbons (Fsp3) is 0.750. The smallest absolute Gasteiger partial charge is 0.229 e. The molecule has 5 nitrogen and oxygen atoms in total. The number of Topliss-reactive ketones (excluding diaryl/α,β-unsaturated/α-hetero) is 1. The summed E-state index contributed by atoms with van der Waals surface area (Å²) >= 11 is 0. The van der Waals surface area contributed by atoms with Crippen LogP contribution in [0.1, 0.15) is 33.1 Å². The lowest BCUT2D eigenvalue weighted by Gasteiger charge is -2.13. The van der Waals surface area contributed by atoms with Gasteiger partial charge in [-0.15, -0.1) is 0 Å². The molecule has 1 rings (SSSR count). The van der Waals surface area contributed by atoms with Crippen molar-refractivity contribution in [3.8, 4) is 0 Å². The van der Waals surface area contributed by atoms with Crippen LogP contribution in [0, 0.1) is 5.92 Å². The van der Waals surface area contributed by atoms with Gasteiger partial charge >= 0.3 is 0 Å². The maximum atomic E-state index is 11.3. The molecule has 2 amide bonds. The van der Waals surface area contributed by atoms with E-state index in [0.29, 0.717) is 39.0 Å². The van der Waals surface area contributed by atoms with Gasteiger partial charge in [-0.2, -0.15) is 0 Å². The summed E-state index contributed by atoms with van der Waals surface area (Å²) in [6.45, 7) is 4.66. The average molecular weight is 241 g/mol. The highest BCUT2D eigenvalue weighted by Crippen LogP contribution is 2.10. The van der Waals surface area contributed by atoms with E-state index in [9.17, 15) is 14.4 Å². The summed E-state index contributed by atoms with van der Waals surface area (Å²) in [5, 5.41) is 0. The van der Waals surface area contributed by atoms with Gasteiger partial charge in [-0.25, -0.2) is 0 Å². The number of carbonyl (C=O) groups excluding carboxylic acids is 3. The van der Waals surface area contributed by atoms with Gasteiger partial charge in [-0.05, 0) is 0 Å². The summed E-state index contributed by atoms with van der Waals surface area (Å²) in [5.41, 5.74) is 0. The molecule has 1 heterocycles. The maximum Gasteiger partial charge on any atom is 0.229 e. The van der Waals surface area contributed by atoms with Crippen molar-refractivity contribution in [2.45, 2.75) is 33.1 Å². The molecule has 0 N–H and O–H groups in total. The molecule has 1 aliphatic rings. The normalized spacial score (nSPS) is 16.1. The molecule has 0 atom stereocenters. The molecular weight excluding hydrogens is 222 g/mol. The van der Waals surface area contributed by atoms with Crippen LogP contribution < -0.4 is 0 Å². The molecule has 0 aromatic heterocycles. The Morgan fingerprint density at radius 3 is 2.35 bits per heavy atom. The number of hydrogen-bond donors (Lipinski definition) is 0. The zero-order chi connectivity index (χ0) is 12.8. The number of ether oxygens (including phenoxy) is 1. The fourth-order valence-corrected chi connectivity index (χ4v) is 1.59. The minimum Gasteiger partial charge on any atom is -0.379 e. The Balaban J connectivity index is 2.10. The topological polar surface area (TPSA) is 63.7 Å². The summed E-state index contributed by atoms with van der Waals surface area (Å²) in [4.78, 5) is 35.0. The van der Waals surface area contributed by atoms with E-state index in [1.807, 2.05) is 13.8 Å². The van der Waals surface area contributed by atoms with Gasteiger partial charge in [0.1, 0.15) is 5.78 Å². The van der Waals surface area contributed by atoms with Crippen LogP contribution in [0.2, 0.25) is 0 Å². The number of likely N-dealkylation sites (tertiary alicyclic amines) is 1. The van der Waals surface area contributed by atoms with Crippen LogP contribution in [-0.2, 0) is 19.1 Å². The molecule has 0 radical (unpaired) electrons. The molecule has 0 bridgehead atoms. The van der Waals surface area contributed by atoms with Crippen LogP contribution >= 0.6 is 0 Å². The molecule has 1 aliphatic heterocycles. The van der Waals surface area contributed by atoms with E-state index in [0.717, 1.165) is 0 Å². The van der Waals surface area contributed by atoms with E-state index < -0.39 is 0 Å². The lowest BCUT2D eigenvalue weighted by molar-refractivity contribution is -0.139. The predicted octanol–water partition coefficient (Wildman–Crippen LogP) is 0.767. The standard InChI is InChI=1S/C12H19NO4/c1-9(2)10(14)5-7-17-8-6-13-11(15)3-4-12(13)16/h9H,3-8H2,1-2H3. The summed E-state index contributed by atoms with van der Waals surface area (Å²) in [7, 11) is 0. The third-order valence-electron chi connectivity index (χ3n) is 2.75. The predicted molar refractivity (Wildman–Crippen MR) is 61.2 cm³/mol. The zero-order valence-electron chi connectivity index (χ0n) is 10.4. The Bertz CT molecular complexity index is 296. The number of hydrogen-bond acceptors (Lipinski definition) is 4. The van der Waals surface area contributed by atoms with Gasteiger partial charge in [0.25, 0.3) is 0 Å². The summed E-state index contributed by atoms with van der Waals surface area (Å²) in [6.07, 6.45) is 1.01. The van der Waals surface area contributed by atoms with Crippen LogP contribution in [0.3, 0.4) is 0 Å². The number of carbonyl (C=O) groups is 3.